The van der Waals surface area contributed by atoms with Crippen molar-refractivity contribution in [3.63, 3.8) is 0 Å². The van der Waals surface area contributed by atoms with E-state index in [-0.39, 0.29) is 0 Å². The van der Waals surface area contributed by atoms with Gasteiger partial charge in [0.15, 0.2) is 0 Å². The molecule has 0 bridgehead atoms. The normalized spacial score (nSPS) is 27.5. The molecule has 1 aromatic rings. The Bertz CT molecular complexity index is 297. The van der Waals surface area contributed by atoms with Gasteiger partial charge in [-0.15, -0.1) is 0 Å². The van der Waals surface area contributed by atoms with Crippen LogP contribution in [-0.2, 0) is 0 Å². The van der Waals surface area contributed by atoms with Crippen molar-refractivity contribution in [1.82, 2.24) is 5.32 Å². The molecule has 0 saturated carbocycles. The number of hydrogen-bond donors (Lipinski definition) is 3. The Hall–Kier alpha value is -1.06. The third kappa shape index (κ3) is 2.05. The van der Waals surface area contributed by atoms with Crippen molar-refractivity contribution in [3.05, 3.63) is 29.8 Å². The zero-order valence-electron chi connectivity index (χ0n) is 8.11. The van der Waals surface area contributed by atoms with Crippen LogP contribution in [0, 0.1) is 0 Å². The van der Waals surface area contributed by atoms with Crippen molar-refractivity contribution in [2.24, 2.45) is 5.73 Å². The number of benzene rings is 1. The van der Waals surface area contributed by atoms with Crippen molar-refractivity contribution in [3.8, 4) is 5.75 Å². The molecule has 0 radical (unpaired) electrons. The quantitative estimate of drug-likeness (QED) is 0.625. The van der Waals surface area contributed by atoms with Crippen LogP contribution >= 0.6 is 0 Å². The topological polar surface area (TPSA) is 58.3 Å². The second kappa shape index (κ2) is 3.98. The summed E-state index contributed by atoms with van der Waals surface area (Å²) in [5, 5.41) is 12.6. The molecule has 3 nitrogen and oxygen atoms in total. The molecule has 0 aromatic heterocycles. The van der Waals surface area contributed by atoms with Gasteiger partial charge in [0.25, 0.3) is 0 Å². The summed E-state index contributed by atoms with van der Waals surface area (Å²) in [6, 6.07) is 7.99. The van der Waals surface area contributed by atoms with Gasteiger partial charge in [0.2, 0.25) is 0 Å². The van der Waals surface area contributed by atoms with Crippen LogP contribution in [0.1, 0.15) is 24.4 Å². The van der Waals surface area contributed by atoms with Gasteiger partial charge < -0.3 is 16.2 Å². The van der Waals surface area contributed by atoms with Gasteiger partial charge in [0.1, 0.15) is 5.75 Å². The highest BCUT2D eigenvalue weighted by molar-refractivity contribution is 5.28. The van der Waals surface area contributed by atoms with E-state index in [1.165, 1.54) is 5.56 Å². The summed E-state index contributed by atoms with van der Waals surface area (Å²) in [6.07, 6.45) is 2.03. The molecular formula is C11H16N2O. The monoisotopic (exact) mass is 192 g/mol. The van der Waals surface area contributed by atoms with E-state index in [0.29, 0.717) is 17.8 Å². The molecule has 2 unspecified atom stereocenters. The Labute approximate surface area is 83.9 Å². The molecule has 76 valence electrons. The van der Waals surface area contributed by atoms with Gasteiger partial charge >= 0.3 is 0 Å². The van der Waals surface area contributed by atoms with Crippen LogP contribution in [-0.4, -0.2) is 17.7 Å². The van der Waals surface area contributed by atoms with Gasteiger partial charge in [-0.05, 0) is 37.1 Å². The number of phenolic OH excluding ortho intramolecular Hbond substituents is 1. The van der Waals surface area contributed by atoms with Crippen molar-refractivity contribution < 1.29 is 5.11 Å². The van der Waals surface area contributed by atoms with E-state index < -0.39 is 0 Å². The highest BCUT2D eigenvalue weighted by Gasteiger charge is 2.19. The van der Waals surface area contributed by atoms with Crippen LogP contribution < -0.4 is 11.1 Å². The third-order valence-corrected chi connectivity index (χ3v) is 2.74. The van der Waals surface area contributed by atoms with Gasteiger partial charge in [-0.3, -0.25) is 0 Å². The lowest BCUT2D eigenvalue weighted by Crippen LogP contribution is -2.38. The fraction of sp³-hybridized carbons (Fsp3) is 0.455. The summed E-state index contributed by atoms with van der Waals surface area (Å²) >= 11 is 0. The number of phenols is 1. The summed E-state index contributed by atoms with van der Waals surface area (Å²) in [4.78, 5) is 0. The van der Waals surface area contributed by atoms with E-state index >= 15 is 0 Å². The maximum absolute atomic E-state index is 9.16. The first-order chi connectivity index (χ1) is 6.75. The second-order valence-corrected chi connectivity index (χ2v) is 3.88. The Balaban J connectivity index is 2.10. The van der Waals surface area contributed by atoms with E-state index in [0.717, 1.165) is 19.4 Å². The maximum Gasteiger partial charge on any atom is 0.115 e. The van der Waals surface area contributed by atoms with Crippen LogP contribution in [0.15, 0.2) is 24.3 Å². The Kier molecular flexibility index (Phi) is 2.70. The second-order valence-electron chi connectivity index (χ2n) is 3.88. The predicted octanol–water partition coefficient (Wildman–Crippen LogP) is 1.14. The molecule has 2 atom stereocenters. The lowest BCUT2D eigenvalue weighted by atomic mass is 9.94. The first-order valence-corrected chi connectivity index (χ1v) is 5.03. The smallest absolute Gasteiger partial charge is 0.115 e. The number of hydrogen-bond acceptors (Lipinski definition) is 3. The molecule has 14 heavy (non-hydrogen) atoms. The average Bonchev–Trinajstić information content (AvgIpc) is 2.19. The van der Waals surface area contributed by atoms with Crippen molar-refractivity contribution >= 4 is 0 Å². The van der Waals surface area contributed by atoms with Crippen LogP contribution in [0.4, 0.5) is 0 Å². The maximum atomic E-state index is 9.16. The minimum absolute atomic E-state index is 0.301. The lowest BCUT2D eigenvalue weighted by Gasteiger charge is -2.28. The third-order valence-electron chi connectivity index (χ3n) is 2.74. The summed E-state index contributed by atoms with van der Waals surface area (Å²) in [5.74, 6) is 0.314. The van der Waals surface area contributed by atoms with Crippen molar-refractivity contribution in [2.75, 3.05) is 6.54 Å². The molecule has 4 N–H and O–H groups in total. The van der Waals surface area contributed by atoms with Crippen LogP contribution in [0.2, 0.25) is 0 Å². The predicted molar refractivity (Wildman–Crippen MR) is 56.1 cm³/mol. The van der Waals surface area contributed by atoms with Crippen molar-refractivity contribution in [2.45, 2.75) is 24.9 Å². The molecule has 1 heterocycles. The SMILES string of the molecule is NC1CCNC(c2ccc(O)cc2)C1. The molecule has 1 fully saturated rings. The van der Waals surface area contributed by atoms with E-state index in [1.807, 2.05) is 12.1 Å². The minimum Gasteiger partial charge on any atom is -0.508 e. The molecule has 0 spiro atoms. The first kappa shape index (κ1) is 9.49. The molecule has 1 aliphatic heterocycles. The summed E-state index contributed by atoms with van der Waals surface area (Å²) in [6.45, 7) is 0.979. The largest absolute Gasteiger partial charge is 0.508 e. The Morgan fingerprint density at radius 1 is 1.29 bits per heavy atom. The van der Waals surface area contributed by atoms with Crippen molar-refractivity contribution in [1.29, 1.82) is 0 Å². The summed E-state index contributed by atoms with van der Waals surface area (Å²) in [7, 11) is 0. The number of rotatable bonds is 1. The fourth-order valence-corrected chi connectivity index (χ4v) is 1.91. The molecule has 2 rings (SSSR count). The van der Waals surface area contributed by atoms with E-state index in [1.54, 1.807) is 12.1 Å². The molecule has 1 aliphatic rings. The average molecular weight is 192 g/mol. The van der Waals surface area contributed by atoms with Gasteiger partial charge in [0.05, 0.1) is 0 Å². The van der Waals surface area contributed by atoms with E-state index in [4.69, 9.17) is 10.8 Å². The van der Waals surface area contributed by atoms with E-state index in [2.05, 4.69) is 5.32 Å². The molecular weight excluding hydrogens is 176 g/mol. The number of nitrogens with two attached hydrogens (primary N) is 1. The molecule has 3 heteroatoms. The van der Waals surface area contributed by atoms with Gasteiger partial charge in [-0.1, -0.05) is 12.1 Å². The highest BCUT2D eigenvalue weighted by Crippen LogP contribution is 2.23. The van der Waals surface area contributed by atoms with Gasteiger partial charge in [-0.25, -0.2) is 0 Å². The summed E-state index contributed by atoms with van der Waals surface area (Å²) in [5.41, 5.74) is 7.11. The van der Waals surface area contributed by atoms with Gasteiger partial charge in [0, 0.05) is 12.1 Å². The zero-order valence-corrected chi connectivity index (χ0v) is 8.11. The van der Waals surface area contributed by atoms with Crippen LogP contribution in [0.3, 0.4) is 0 Å². The standard InChI is InChI=1S/C11H16N2O/c12-9-5-6-13-11(7-9)8-1-3-10(14)4-2-8/h1-4,9,11,13-14H,5-7,12H2. The zero-order chi connectivity index (χ0) is 9.97. The van der Waals surface area contributed by atoms with E-state index in [9.17, 15) is 0 Å². The van der Waals surface area contributed by atoms with Gasteiger partial charge in [-0.2, -0.15) is 0 Å². The highest BCUT2D eigenvalue weighted by atomic mass is 16.3. The number of nitrogens with one attached hydrogen (secondary N) is 1. The lowest BCUT2D eigenvalue weighted by molar-refractivity contribution is 0.369. The Morgan fingerprint density at radius 2 is 2.00 bits per heavy atom. The number of aromatic hydroxyl groups is 1. The fourth-order valence-electron chi connectivity index (χ4n) is 1.91. The minimum atomic E-state index is 0.301. The molecule has 0 aliphatic carbocycles. The van der Waals surface area contributed by atoms with Crippen LogP contribution in [0.25, 0.3) is 0 Å². The first-order valence-electron chi connectivity index (χ1n) is 5.03. The molecule has 1 aromatic carbocycles. The molecule has 1 saturated heterocycles. The summed E-state index contributed by atoms with van der Waals surface area (Å²) < 4.78 is 0. The Morgan fingerprint density at radius 3 is 2.64 bits per heavy atom. The number of piperidine rings is 1. The van der Waals surface area contributed by atoms with Crippen LogP contribution in [0.5, 0.6) is 5.75 Å². The molecule has 0 amide bonds.